The molecule has 2 aliphatic rings. The molecular weight excluding hydrogens is 192 g/mol. The molecule has 3 rings (SSSR count). The molecule has 0 aromatic heterocycles. The summed E-state index contributed by atoms with van der Waals surface area (Å²) >= 11 is 0. The van der Waals surface area contributed by atoms with Gasteiger partial charge in [-0.2, -0.15) is 0 Å². The number of benzene rings is 1. The minimum atomic E-state index is 0.869. The van der Waals surface area contributed by atoms with Gasteiger partial charge in [0.15, 0.2) is 0 Å². The maximum atomic E-state index is 2.39. The van der Waals surface area contributed by atoms with E-state index in [1.165, 1.54) is 25.7 Å². The first-order valence-corrected chi connectivity index (χ1v) is 6.83. The topological polar surface area (TPSA) is 0 Å². The minimum absolute atomic E-state index is 0.869. The molecule has 16 heavy (non-hydrogen) atoms. The van der Waals surface area contributed by atoms with Crippen molar-refractivity contribution in [1.29, 1.82) is 0 Å². The summed E-state index contributed by atoms with van der Waals surface area (Å²) in [6, 6.07) is 9.15. The lowest BCUT2D eigenvalue weighted by atomic mass is 9.71. The molecule has 0 aliphatic heterocycles. The van der Waals surface area contributed by atoms with Gasteiger partial charge in [-0.15, -0.1) is 0 Å². The molecular formula is C16H22. The second-order valence-electron chi connectivity index (χ2n) is 6.09. The first-order valence-electron chi connectivity index (χ1n) is 6.83. The molecule has 1 aromatic rings. The summed E-state index contributed by atoms with van der Waals surface area (Å²) in [4.78, 5) is 0. The highest BCUT2D eigenvalue weighted by Crippen LogP contribution is 2.49. The third-order valence-electron chi connectivity index (χ3n) is 4.91. The van der Waals surface area contributed by atoms with E-state index in [9.17, 15) is 0 Å². The molecule has 0 radical (unpaired) electrons. The van der Waals surface area contributed by atoms with Gasteiger partial charge < -0.3 is 0 Å². The van der Waals surface area contributed by atoms with Crippen molar-refractivity contribution in [2.75, 3.05) is 0 Å². The smallest absolute Gasteiger partial charge is 0.0125 e. The highest BCUT2D eigenvalue weighted by Gasteiger charge is 2.37. The van der Waals surface area contributed by atoms with E-state index in [1.54, 1.807) is 11.1 Å². The van der Waals surface area contributed by atoms with Crippen molar-refractivity contribution in [1.82, 2.24) is 0 Å². The molecule has 0 spiro atoms. The van der Waals surface area contributed by atoms with Crippen LogP contribution in [0.2, 0.25) is 0 Å². The van der Waals surface area contributed by atoms with Gasteiger partial charge in [0, 0.05) is 0 Å². The van der Waals surface area contributed by atoms with E-state index < -0.39 is 0 Å². The molecule has 0 heteroatoms. The van der Waals surface area contributed by atoms with Gasteiger partial charge in [-0.3, -0.25) is 0 Å². The van der Waals surface area contributed by atoms with E-state index in [-0.39, 0.29) is 0 Å². The molecule has 1 aromatic carbocycles. The number of hydrogen-bond acceptors (Lipinski definition) is 0. The molecule has 1 saturated carbocycles. The number of rotatable bonds is 1. The van der Waals surface area contributed by atoms with Gasteiger partial charge in [-0.1, -0.05) is 38.1 Å². The van der Waals surface area contributed by atoms with Crippen LogP contribution in [0.5, 0.6) is 0 Å². The zero-order valence-electron chi connectivity index (χ0n) is 10.4. The van der Waals surface area contributed by atoms with Crippen LogP contribution in [0.4, 0.5) is 0 Å². The SMILES string of the molecule is CC(C)C1CCC2Cc3ccccc3C2C1. The molecule has 1 fully saturated rings. The summed E-state index contributed by atoms with van der Waals surface area (Å²) in [5.74, 6) is 3.69. The third-order valence-corrected chi connectivity index (χ3v) is 4.91. The van der Waals surface area contributed by atoms with Crippen molar-refractivity contribution in [2.45, 2.75) is 45.4 Å². The fraction of sp³-hybridized carbons (Fsp3) is 0.625. The number of fused-ring (bicyclic) bond motifs is 3. The summed E-state index contributed by atoms with van der Waals surface area (Å²) in [5.41, 5.74) is 3.32. The molecule has 3 atom stereocenters. The Labute approximate surface area is 99.1 Å². The molecule has 0 bridgehead atoms. The first-order chi connectivity index (χ1) is 7.75. The van der Waals surface area contributed by atoms with Crippen LogP contribution >= 0.6 is 0 Å². The van der Waals surface area contributed by atoms with Crippen molar-refractivity contribution >= 4 is 0 Å². The van der Waals surface area contributed by atoms with Gasteiger partial charge in [-0.05, 0) is 60.5 Å². The maximum absolute atomic E-state index is 2.39. The molecule has 0 nitrogen and oxygen atoms in total. The Hall–Kier alpha value is -0.780. The van der Waals surface area contributed by atoms with Gasteiger partial charge in [-0.25, -0.2) is 0 Å². The van der Waals surface area contributed by atoms with Gasteiger partial charge in [0.2, 0.25) is 0 Å². The third kappa shape index (κ3) is 1.59. The van der Waals surface area contributed by atoms with E-state index in [0.717, 1.165) is 23.7 Å². The molecule has 3 unspecified atom stereocenters. The maximum Gasteiger partial charge on any atom is -0.0125 e. The van der Waals surface area contributed by atoms with Crippen molar-refractivity contribution < 1.29 is 0 Å². The molecule has 0 heterocycles. The van der Waals surface area contributed by atoms with Crippen LogP contribution in [0.1, 0.15) is 50.2 Å². The fourth-order valence-corrected chi connectivity index (χ4v) is 3.86. The largest absolute Gasteiger partial charge is 0.0625 e. The second kappa shape index (κ2) is 3.91. The van der Waals surface area contributed by atoms with Crippen LogP contribution in [0.3, 0.4) is 0 Å². The Morgan fingerprint density at radius 2 is 1.94 bits per heavy atom. The standard InChI is InChI=1S/C16H22/c1-11(2)12-7-8-14-9-13-5-3-4-6-15(13)16(14)10-12/h3-6,11-12,14,16H,7-10H2,1-2H3. The molecule has 0 saturated heterocycles. The Kier molecular flexibility index (Phi) is 2.53. The zero-order valence-corrected chi connectivity index (χ0v) is 10.4. The van der Waals surface area contributed by atoms with Gasteiger partial charge in [0.05, 0.1) is 0 Å². The fourth-order valence-electron chi connectivity index (χ4n) is 3.86. The van der Waals surface area contributed by atoms with E-state index >= 15 is 0 Å². The van der Waals surface area contributed by atoms with Crippen LogP contribution in [-0.2, 0) is 6.42 Å². The monoisotopic (exact) mass is 214 g/mol. The van der Waals surface area contributed by atoms with Crippen LogP contribution in [0.25, 0.3) is 0 Å². The summed E-state index contributed by atoms with van der Waals surface area (Å²) in [7, 11) is 0. The number of hydrogen-bond donors (Lipinski definition) is 0. The normalized spacial score (nSPS) is 32.6. The Balaban J connectivity index is 1.87. The van der Waals surface area contributed by atoms with E-state index in [2.05, 4.69) is 38.1 Å². The van der Waals surface area contributed by atoms with E-state index in [0.29, 0.717) is 0 Å². The predicted molar refractivity (Wildman–Crippen MR) is 68.6 cm³/mol. The van der Waals surface area contributed by atoms with Crippen LogP contribution in [-0.4, -0.2) is 0 Å². The van der Waals surface area contributed by atoms with Crippen molar-refractivity contribution in [3.63, 3.8) is 0 Å². The average molecular weight is 214 g/mol. The highest BCUT2D eigenvalue weighted by atomic mass is 14.4. The van der Waals surface area contributed by atoms with Crippen LogP contribution < -0.4 is 0 Å². The quantitative estimate of drug-likeness (QED) is 0.650. The summed E-state index contributed by atoms with van der Waals surface area (Å²) in [6.07, 6.45) is 5.72. The minimum Gasteiger partial charge on any atom is -0.0625 e. The lowest BCUT2D eigenvalue weighted by Crippen LogP contribution is -2.23. The first kappa shape index (κ1) is 10.4. The molecule has 86 valence electrons. The van der Waals surface area contributed by atoms with Crippen LogP contribution in [0.15, 0.2) is 24.3 Å². The summed E-state index contributed by atoms with van der Waals surface area (Å²) < 4.78 is 0. The van der Waals surface area contributed by atoms with E-state index in [1.807, 2.05) is 0 Å². The lowest BCUT2D eigenvalue weighted by Gasteiger charge is -2.34. The average Bonchev–Trinajstić information content (AvgIpc) is 2.66. The van der Waals surface area contributed by atoms with E-state index in [4.69, 9.17) is 0 Å². The molecule has 0 N–H and O–H groups in total. The van der Waals surface area contributed by atoms with Gasteiger partial charge >= 0.3 is 0 Å². The lowest BCUT2D eigenvalue weighted by molar-refractivity contribution is 0.205. The Morgan fingerprint density at radius 1 is 1.12 bits per heavy atom. The van der Waals surface area contributed by atoms with Crippen LogP contribution in [0, 0.1) is 17.8 Å². The Morgan fingerprint density at radius 3 is 2.75 bits per heavy atom. The molecule has 2 aliphatic carbocycles. The van der Waals surface area contributed by atoms with Gasteiger partial charge in [0.1, 0.15) is 0 Å². The summed E-state index contributed by atoms with van der Waals surface area (Å²) in [5, 5.41) is 0. The van der Waals surface area contributed by atoms with Gasteiger partial charge in [0.25, 0.3) is 0 Å². The Bertz CT molecular complexity index is 377. The zero-order chi connectivity index (χ0) is 11.1. The van der Waals surface area contributed by atoms with Crippen molar-refractivity contribution in [3.05, 3.63) is 35.4 Å². The highest BCUT2D eigenvalue weighted by molar-refractivity contribution is 5.36. The van der Waals surface area contributed by atoms with Crippen molar-refractivity contribution in [2.24, 2.45) is 17.8 Å². The summed E-state index contributed by atoms with van der Waals surface area (Å²) in [6.45, 7) is 4.79. The second-order valence-corrected chi connectivity index (χ2v) is 6.09. The predicted octanol–water partition coefficient (Wildman–Crippen LogP) is 4.40. The van der Waals surface area contributed by atoms with Crippen molar-refractivity contribution in [3.8, 4) is 0 Å². The molecule has 0 amide bonds.